The van der Waals surface area contributed by atoms with Crippen LogP contribution in [0.2, 0.25) is 20.1 Å². The van der Waals surface area contributed by atoms with Gasteiger partial charge >= 0.3 is 0 Å². The fourth-order valence-corrected chi connectivity index (χ4v) is 2.58. The van der Waals surface area contributed by atoms with E-state index in [0.717, 1.165) is 5.56 Å². The summed E-state index contributed by atoms with van der Waals surface area (Å²) < 4.78 is 0. The van der Waals surface area contributed by atoms with Gasteiger partial charge in [-0.05, 0) is 36.0 Å². The number of hydrogen-bond acceptors (Lipinski definition) is 1. The molecule has 0 fully saturated rings. The third kappa shape index (κ3) is 4.63. The van der Waals surface area contributed by atoms with Crippen LogP contribution >= 0.6 is 58.6 Å². The van der Waals surface area contributed by atoms with Gasteiger partial charge in [0.1, 0.15) is 0 Å². The molecule has 0 spiro atoms. The summed E-state index contributed by atoms with van der Waals surface area (Å²) in [5, 5.41) is 8.34. The van der Waals surface area contributed by atoms with E-state index in [9.17, 15) is 0 Å². The summed E-state index contributed by atoms with van der Waals surface area (Å²) in [6.45, 7) is 0.504. The Balaban J connectivity index is 1.99. The van der Waals surface area contributed by atoms with E-state index in [1.54, 1.807) is 12.1 Å². The Bertz CT molecular complexity index is 676. The van der Waals surface area contributed by atoms with Crippen LogP contribution in [-0.2, 0) is 6.54 Å². The molecule has 0 unspecified atom stereocenters. The van der Waals surface area contributed by atoms with Gasteiger partial charge in [0.2, 0.25) is 0 Å². The van der Waals surface area contributed by atoms with Crippen molar-refractivity contribution in [3.63, 3.8) is 0 Å². The van der Waals surface area contributed by atoms with Gasteiger partial charge in [0.05, 0.1) is 20.8 Å². The highest BCUT2D eigenvalue weighted by molar-refractivity contribution is 7.80. The molecule has 0 aliphatic rings. The summed E-state index contributed by atoms with van der Waals surface area (Å²) in [5.41, 5.74) is 1.53. The van der Waals surface area contributed by atoms with Crippen molar-refractivity contribution in [1.82, 2.24) is 5.32 Å². The number of rotatable bonds is 3. The van der Waals surface area contributed by atoms with Crippen LogP contribution < -0.4 is 10.6 Å². The summed E-state index contributed by atoms with van der Waals surface area (Å²) in [4.78, 5) is 0. The standard InChI is InChI=1S/C14H10Cl4N2S/c15-9-4-2-1-3-8(9)7-19-14(21)20-13-6-11(17)10(16)5-12(13)18/h1-6H,7H2,(H2,19,20,21). The molecule has 0 radical (unpaired) electrons. The van der Waals surface area contributed by atoms with Crippen molar-refractivity contribution >= 4 is 69.4 Å². The average Bonchev–Trinajstić information content (AvgIpc) is 2.44. The van der Waals surface area contributed by atoms with Gasteiger partial charge in [-0.1, -0.05) is 64.6 Å². The van der Waals surface area contributed by atoms with E-state index in [1.165, 1.54) is 0 Å². The predicted molar refractivity (Wildman–Crippen MR) is 96.0 cm³/mol. The number of benzene rings is 2. The molecule has 0 amide bonds. The van der Waals surface area contributed by atoms with E-state index in [-0.39, 0.29) is 0 Å². The molecule has 2 aromatic carbocycles. The molecule has 0 saturated carbocycles. The second-order valence-corrected chi connectivity index (χ2v) is 6.18. The molecule has 0 aromatic heterocycles. The average molecular weight is 380 g/mol. The largest absolute Gasteiger partial charge is 0.358 e. The number of nitrogens with one attached hydrogen (secondary N) is 2. The Morgan fingerprint density at radius 3 is 2.29 bits per heavy atom. The van der Waals surface area contributed by atoms with Gasteiger partial charge in [-0.15, -0.1) is 0 Å². The molecule has 0 heterocycles. The minimum absolute atomic E-state index is 0.391. The maximum atomic E-state index is 6.07. The highest BCUT2D eigenvalue weighted by Crippen LogP contribution is 2.32. The van der Waals surface area contributed by atoms with Gasteiger partial charge in [0.15, 0.2) is 5.11 Å². The molecule has 0 bridgehead atoms. The van der Waals surface area contributed by atoms with Crippen LogP contribution in [0.4, 0.5) is 5.69 Å². The third-order valence-corrected chi connectivity index (χ3v) is 4.31. The molecule has 2 rings (SSSR count). The van der Waals surface area contributed by atoms with Crippen LogP contribution in [0.3, 0.4) is 0 Å². The molecule has 110 valence electrons. The molecule has 7 heteroatoms. The lowest BCUT2D eigenvalue weighted by Gasteiger charge is -2.13. The Labute approximate surface area is 148 Å². The Hall–Kier alpha value is -0.710. The number of anilines is 1. The summed E-state index contributed by atoms with van der Waals surface area (Å²) in [6.07, 6.45) is 0. The summed E-state index contributed by atoms with van der Waals surface area (Å²) in [6, 6.07) is 10.7. The molecular weight excluding hydrogens is 370 g/mol. The van der Waals surface area contributed by atoms with E-state index in [0.29, 0.717) is 37.4 Å². The molecule has 2 nitrogen and oxygen atoms in total. The van der Waals surface area contributed by atoms with Gasteiger partial charge in [-0.25, -0.2) is 0 Å². The van der Waals surface area contributed by atoms with Crippen molar-refractivity contribution < 1.29 is 0 Å². The van der Waals surface area contributed by atoms with E-state index in [4.69, 9.17) is 58.6 Å². The number of thiocarbonyl (C=S) groups is 1. The van der Waals surface area contributed by atoms with Crippen molar-refractivity contribution in [3.05, 3.63) is 62.1 Å². The fraction of sp³-hybridized carbons (Fsp3) is 0.0714. The second-order valence-electron chi connectivity index (χ2n) is 4.15. The van der Waals surface area contributed by atoms with Crippen molar-refractivity contribution in [2.75, 3.05) is 5.32 Å². The second kappa shape index (κ2) is 7.52. The third-order valence-electron chi connectivity index (χ3n) is 2.66. The Morgan fingerprint density at radius 1 is 0.905 bits per heavy atom. The smallest absolute Gasteiger partial charge is 0.171 e. The number of hydrogen-bond donors (Lipinski definition) is 2. The van der Waals surface area contributed by atoms with Gasteiger partial charge in [-0.2, -0.15) is 0 Å². The summed E-state index contributed by atoms with van der Waals surface area (Å²) in [5.74, 6) is 0. The molecule has 2 aromatic rings. The molecule has 0 aliphatic carbocycles. The van der Waals surface area contributed by atoms with Crippen LogP contribution in [0.15, 0.2) is 36.4 Å². The van der Waals surface area contributed by atoms with E-state index in [1.807, 2.05) is 24.3 Å². The summed E-state index contributed by atoms with van der Waals surface area (Å²) >= 11 is 29.2. The number of halogens is 4. The van der Waals surface area contributed by atoms with Crippen molar-refractivity contribution in [2.45, 2.75) is 6.54 Å². The SMILES string of the molecule is S=C(NCc1ccccc1Cl)Nc1cc(Cl)c(Cl)cc1Cl. The van der Waals surface area contributed by atoms with Crippen LogP contribution in [0, 0.1) is 0 Å². The topological polar surface area (TPSA) is 24.1 Å². The zero-order chi connectivity index (χ0) is 15.4. The lowest BCUT2D eigenvalue weighted by atomic mass is 10.2. The quantitative estimate of drug-likeness (QED) is 0.521. The van der Waals surface area contributed by atoms with Crippen LogP contribution in [0.5, 0.6) is 0 Å². The first-order chi connectivity index (χ1) is 9.97. The summed E-state index contributed by atoms with van der Waals surface area (Å²) in [7, 11) is 0. The van der Waals surface area contributed by atoms with Crippen molar-refractivity contribution in [1.29, 1.82) is 0 Å². The zero-order valence-corrected chi connectivity index (χ0v) is 14.4. The Morgan fingerprint density at radius 2 is 1.57 bits per heavy atom. The first kappa shape index (κ1) is 16.7. The molecular formula is C14H10Cl4N2S. The zero-order valence-electron chi connectivity index (χ0n) is 10.6. The lowest BCUT2D eigenvalue weighted by molar-refractivity contribution is 0.926. The molecule has 0 aliphatic heterocycles. The van der Waals surface area contributed by atoms with Gasteiger partial charge in [0.25, 0.3) is 0 Å². The molecule has 21 heavy (non-hydrogen) atoms. The fourth-order valence-electron chi connectivity index (χ4n) is 1.60. The Kier molecular flexibility index (Phi) is 5.97. The van der Waals surface area contributed by atoms with Crippen LogP contribution in [0.25, 0.3) is 0 Å². The predicted octanol–water partition coefficient (Wildman–Crippen LogP) is 5.79. The maximum Gasteiger partial charge on any atom is 0.171 e. The first-order valence-corrected chi connectivity index (χ1v) is 7.82. The normalized spacial score (nSPS) is 10.3. The van der Waals surface area contributed by atoms with E-state index >= 15 is 0 Å². The minimum Gasteiger partial charge on any atom is -0.358 e. The van der Waals surface area contributed by atoms with Gasteiger partial charge in [0, 0.05) is 11.6 Å². The lowest BCUT2D eigenvalue weighted by Crippen LogP contribution is -2.28. The first-order valence-electron chi connectivity index (χ1n) is 5.90. The minimum atomic E-state index is 0.391. The molecule has 2 N–H and O–H groups in total. The van der Waals surface area contributed by atoms with Gasteiger partial charge < -0.3 is 10.6 Å². The van der Waals surface area contributed by atoms with Crippen LogP contribution in [0.1, 0.15) is 5.56 Å². The highest BCUT2D eigenvalue weighted by Gasteiger charge is 2.08. The monoisotopic (exact) mass is 378 g/mol. The van der Waals surface area contributed by atoms with Crippen molar-refractivity contribution in [2.24, 2.45) is 0 Å². The van der Waals surface area contributed by atoms with E-state index in [2.05, 4.69) is 10.6 Å². The van der Waals surface area contributed by atoms with Crippen molar-refractivity contribution in [3.8, 4) is 0 Å². The van der Waals surface area contributed by atoms with E-state index < -0.39 is 0 Å². The molecule has 0 saturated heterocycles. The highest BCUT2D eigenvalue weighted by atomic mass is 35.5. The maximum absolute atomic E-state index is 6.07. The van der Waals surface area contributed by atoms with Crippen LogP contribution in [-0.4, -0.2) is 5.11 Å². The molecule has 0 atom stereocenters. The van der Waals surface area contributed by atoms with Gasteiger partial charge in [-0.3, -0.25) is 0 Å².